The van der Waals surface area contributed by atoms with Crippen molar-refractivity contribution in [1.82, 2.24) is 15.5 Å². The molecule has 2 N–H and O–H groups in total. The van der Waals surface area contributed by atoms with E-state index in [2.05, 4.69) is 11.9 Å². The summed E-state index contributed by atoms with van der Waals surface area (Å²) in [5, 5.41) is 4.42. The highest BCUT2D eigenvalue weighted by molar-refractivity contribution is 6.26. The summed E-state index contributed by atoms with van der Waals surface area (Å²) < 4.78 is 0. The normalized spacial score (nSPS) is 24.9. The second-order valence-corrected chi connectivity index (χ2v) is 4.21. The Morgan fingerprint density at radius 3 is 2.23 bits per heavy atom. The number of hydrogen-bond donors (Lipinski definition) is 2. The van der Waals surface area contributed by atoms with Gasteiger partial charge in [0.2, 0.25) is 0 Å². The van der Waals surface area contributed by atoms with Crippen LogP contribution < -0.4 is 10.6 Å². The molecule has 118 valence electrons. The predicted molar refractivity (Wildman–Crippen MR) is 80.6 cm³/mol. The van der Waals surface area contributed by atoms with E-state index in [1.54, 1.807) is 6.92 Å². The van der Waals surface area contributed by atoms with E-state index in [1.807, 2.05) is 19.2 Å². The molecule has 7 heteroatoms. The van der Waals surface area contributed by atoms with Crippen molar-refractivity contribution in [3.05, 3.63) is 36.0 Å². The topological polar surface area (TPSA) is 95.6 Å². The lowest BCUT2D eigenvalue weighted by Crippen LogP contribution is -2.62. The fourth-order valence-corrected chi connectivity index (χ4v) is 2.15. The molecule has 0 aromatic rings. The van der Waals surface area contributed by atoms with Crippen LogP contribution in [0.15, 0.2) is 36.0 Å². The predicted octanol–water partition coefficient (Wildman–Crippen LogP) is 0.648. The number of rotatable bonds is 2. The lowest BCUT2D eigenvalue weighted by molar-refractivity contribution is -0.145. The average Bonchev–Trinajstić information content (AvgIpc) is 2.73. The third kappa shape index (κ3) is 2.98. The third-order valence-electron chi connectivity index (χ3n) is 3.07. The van der Waals surface area contributed by atoms with Crippen LogP contribution >= 0.6 is 0 Å². The molecule has 0 bridgehead atoms. The quantitative estimate of drug-likeness (QED) is 0.578. The summed E-state index contributed by atoms with van der Waals surface area (Å²) in [5.41, 5.74) is 0.414. The molecule has 2 aliphatic rings. The van der Waals surface area contributed by atoms with E-state index in [4.69, 9.17) is 0 Å². The van der Waals surface area contributed by atoms with Crippen LogP contribution in [0, 0.1) is 0 Å². The largest absolute Gasteiger partial charge is 0.335 e. The van der Waals surface area contributed by atoms with Crippen LogP contribution in [0.3, 0.4) is 0 Å². The monoisotopic (exact) mass is 305 g/mol. The van der Waals surface area contributed by atoms with Crippen LogP contribution in [0.4, 0.5) is 4.79 Å². The van der Waals surface area contributed by atoms with Crippen LogP contribution in [-0.4, -0.2) is 41.2 Å². The van der Waals surface area contributed by atoms with Gasteiger partial charge in [0.1, 0.15) is 6.04 Å². The molecule has 0 aliphatic carbocycles. The van der Waals surface area contributed by atoms with E-state index < -0.39 is 29.8 Å². The van der Waals surface area contributed by atoms with Gasteiger partial charge >= 0.3 is 6.03 Å². The van der Waals surface area contributed by atoms with Gasteiger partial charge in [-0.1, -0.05) is 32.6 Å². The Morgan fingerprint density at radius 1 is 1.14 bits per heavy atom. The highest BCUT2D eigenvalue weighted by atomic mass is 16.2. The van der Waals surface area contributed by atoms with E-state index >= 15 is 0 Å². The van der Waals surface area contributed by atoms with Crippen molar-refractivity contribution in [2.75, 3.05) is 6.54 Å². The highest BCUT2D eigenvalue weighted by Crippen LogP contribution is 2.27. The Hall–Kier alpha value is -2.70. The molecule has 0 spiro atoms. The van der Waals surface area contributed by atoms with E-state index in [0.717, 1.165) is 4.90 Å². The highest BCUT2D eigenvalue weighted by Gasteiger charge is 2.46. The maximum absolute atomic E-state index is 12.3. The van der Waals surface area contributed by atoms with Crippen LogP contribution in [0.1, 0.15) is 20.8 Å². The maximum Gasteiger partial charge on any atom is 0.321 e. The van der Waals surface area contributed by atoms with Crippen molar-refractivity contribution < 1.29 is 19.2 Å². The molecule has 2 rings (SSSR count). The lowest BCUT2D eigenvalue weighted by Gasteiger charge is -2.28. The molecule has 1 atom stereocenters. The van der Waals surface area contributed by atoms with E-state index in [0.29, 0.717) is 0 Å². The average molecular weight is 305 g/mol. The van der Waals surface area contributed by atoms with Crippen molar-refractivity contribution in [2.45, 2.75) is 26.8 Å². The molecular weight excluding hydrogens is 286 g/mol. The second-order valence-electron chi connectivity index (χ2n) is 4.21. The number of carbonyl (C=O) groups is 4. The molecule has 2 fully saturated rings. The van der Waals surface area contributed by atoms with Gasteiger partial charge in [-0.25, -0.2) is 4.79 Å². The Labute approximate surface area is 128 Å². The zero-order valence-electron chi connectivity index (χ0n) is 12.8. The SMILES string of the molecule is C=C/C=C1/C(=O)N(C2CNC(=O)NC2=O)C(=O)/C1=C/C.CC. The molecule has 0 aromatic heterocycles. The lowest BCUT2D eigenvalue weighted by atomic mass is 10.1. The van der Waals surface area contributed by atoms with Gasteiger partial charge in [-0.2, -0.15) is 0 Å². The summed E-state index contributed by atoms with van der Waals surface area (Å²) >= 11 is 0. The smallest absolute Gasteiger partial charge is 0.321 e. The Bertz CT molecular complexity index is 590. The zero-order valence-corrected chi connectivity index (χ0v) is 12.8. The molecule has 1 unspecified atom stereocenters. The fraction of sp³-hybridized carbons (Fsp3) is 0.333. The number of amides is 5. The third-order valence-corrected chi connectivity index (χ3v) is 3.07. The van der Waals surface area contributed by atoms with Crippen molar-refractivity contribution >= 4 is 23.8 Å². The van der Waals surface area contributed by atoms with Crippen molar-refractivity contribution in [3.63, 3.8) is 0 Å². The van der Waals surface area contributed by atoms with Gasteiger partial charge in [-0.15, -0.1) is 0 Å². The summed E-state index contributed by atoms with van der Waals surface area (Å²) in [4.78, 5) is 48.1. The van der Waals surface area contributed by atoms with Gasteiger partial charge in [0.15, 0.2) is 0 Å². The first kappa shape index (κ1) is 17.4. The molecule has 7 nitrogen and oxygen atoms in total. The molecule has 2 heterocycles. The van der Waals surface area contributed by atoms with Crippen LogP contribution in [0.5, 0.6) is 0 Å². The summed E-state index contributed by atoms with van der Waals surface area (Å²) in [6, 6.07) is -1.68. The molecule has 0 radical (unpaired) electrons. The Morgan fingerprint density at radius 2 is 1.73 bits per heavy atom. The number of imide groups is 2. The minimum atomic E-state index is -1.04. The minimum absolute atomic E-state index is 0.0967. The van der Waals surface area contributed by atoms with E-state index in [1.165, 1.54) is 18.2 Å². The number of likely N-dealkylation sites (tertiary alicyclic amines) is 1. The number of nitrogens with one attached hydrogen (secondary N) is 2. The van der Waals surface area contributed by atoms with Gasteiger partial charge in [0, 0.05) is 12.1 Å². The van der Waals surface area contributed by atoms with Crippen molar-refractivity contribution in [2.24, 2.45) is 0 Å². The van der Waals surface area contributed by atoms with Crippen LogP contribution in [0.25, 0.3) is 0 Å². The molecule has 0 aromatic carbocycles. The first-order chi connectivity index (χ1) is 10.5. The number of allylic oxidation sites excluding steroid dienone is 3. The summed E-state index contributed by atoms with van der Waals surface area (Å²) in [6.45, 7) is 9.02. The van der Waals surface area contributed by atoms with Crippen LogP contribution in [0.2, 0.25) is 0 Å². The second kappa shape index (κ2) is 7.35. The Balaban J connectivity index is 0.00000116. The first-order valence-electron chi connectivity index (χ1n) is 6.97. The number of carbonyl (C=O) groups excluding carboxylic acids is 4. The van der Waals surface area contributed by atoms with Gasteiger partial charge in [-0.3, -0.25) is 24.6 Å². The standard InChI is InChI=1S/C13H13N3O4.C2H6/c1-3-5-8-7(4-2)11(18)16(12(8)19)9-6-14-13(20)15-10(9)17;1-2/h3-5,9H,1,6H2,2H3,(H2,14,15,17,20);1-2H3/b7-4+,8-5+;. The van der Waals surface area contributed by atoms with Crippen molar-refractivity contribution in [3.8, 4) is 0 Å². The summed E-state index contributed by atoms with van der Waals surface area (Å²) in [7, 11) is 0. The maximum atomic E-state index is 12.3. The minimum Gasteiger partial charge on any atom is -0.335 e. The number of hydrogen-bond acceptors (Lipinski definition) is 4. The molecule has 0 saturated carbocycles. The number of nitrogens with zero attached hydrogens (tertiary/aromatic N) is 1. The van der Waals surface area contributed by atoms with Gasteiger partial charge in [0.05, 0.1) is 5.57 Å². The number of urea groups is 1. The van der Waals surface area contributed by atoms with E-state index in [-0.39, 0.29) is 17.7 Å². The first-order valence-corrected chi connectivity index (χ1v) is 6.97. The van der Waals surface area contributed by atoms with Gasteiger partial charge in [-0.05, 0) is 13.0 Å². The summed E-state index contributed by atoms with van der Waals surface area (Å²) in [6.07, 6.45) is 4.33. The van der Waals surface area contributed by atoms with Crippen molar-refractivity contribution in [1.29, 1.82) is 0 Å². The zero-order chi connectivity index (χ0) is 16.9. The van der Waals surface area contributed by atoms with E-state index in [9.17, 15) is 19.2 Å². The van der Waals surface area contributed by atoms with Gasteiger partial charge in [0.25, 0.3) is 17.7 Å². The van der Waals surface area contributed by atoms with Gasteiger partial charge < -0.3 is 5.32 Å². The van der Waals surface area contributed by atoms with Crippen LogP contribution in [-0.2, 0) is 14.4 Å². The molecular formula is C15H19N3O4. The molecule has 22 heavy (non-hydrogen) atoms. The summed E-state index contributed by atoms with van der Waals surface area (Å²) in [5.74, 6) is -1.80. The Kier molecular flexibility index (Phi) is 5.80. The molecule has 5 amide bonds. The fourth-order valence-electron chi connectivity index (χ4n) is 2.15. The molecule has 2 aliphatic heterocycles. The molecule has 2 saturated heterocycles.